The van der Waals surface area contributed by atoms with E-state index < -0.39 is 0 Å². The van der Waals surface area contributed by atoms with Crippen molar-refractivity contribution in [2.45, 2.75) is 43.9 Å². The minimum atomic E-state index is 0.0631. The molecule has 0 saturated carbocycles. The van der Waals surface area contributed by atoms with Gasteiger partial charge in [-0.25, -0.2) is 0 Å². The number of hydrogen-bond acceptors (Lipinski definition) is 0. The standard InChI is InChI=1S/C31H24/c1-5-19-13-23-9-3-11-25-15-21-7-2-8-22-16-26-12-4-10-24-14-20(6-1)27(19)17-31(29(23)25,30(24)26)18-28(21)22/h1-12H,13-18H2. The molecule has 0 fully saturated rings. The molecule has 4 aliphatic carbocycles. The van der Waals surface area contributed by atoms with E-state index in [1.807, 2.05) is 0 Å². The highest BCUT2D eigenvalue weighted by Gasteiger charge is 2.47. The fourth-order valence-corrected chi connectivity index (χ4v) is 7.58. The maximum atomic E-state index is 2.42. The Bertz CT molecular complexity index is 1240. The summed E-state index contributed by atoms with van der Waals surface area (Å²) in [5, 5.41) is 0. The van der Waals surface area contributed by atoms with Gasteiger partial charge in [0.1, 0.15) is 0 Å². The molecule has 0 aromatic heterocycles. The molecule has 0 saturated heterocycles. The van der Waals surface area contributed by atoms with Gasteiger partial charge in [0.25, 0.3) is 0 Å². The van der Waals surface area contributed by atoms with Crippen LogP contribution >= 0.6 is 0 Å². The lowest BCUT2D eigenvalue weighted by Gasteiger charge is -2.37. The third-order valence-corrected chi connectivity index (χ3v) is 8.65. The normalized spacial score (nSPS) is 17.8. The third kappa shape index (κ3) is 2.01. The Morgan fingerprint density at radius 1 is 0.387 bits per heavy atom. The zero-order valence-electron chi connectivity index (χ0n) is 17.7. The molecule has 4 aromatic rings. The fourth-order valence-electron chi connectivity index (χ4n) is 7.58. The van der Waals surface area contributed by atoms with E-state index in [1.165, 1.54) is 0 Å². The highest BCUT2D eigenvalue weighted by molar-refractivity contribution is 5.66. The quantitative estimate of drug-likeness (QED) is 0.298. The Kier molecular flexibility index (Phi) is 2.97. The molecule has 8 rings (SSSR count). The molecule has 31 heavy (non-hydrogen) atoms. The van der Waals surface area contributed by atoms with Crippen LogP contribution < -0.4 is 0 Å². The summed E-state index contributed by atoms with van der Waals surface area (Å²) in [5.41, 5.74) is 19.1. The molecule has 1 spiro atoms. The van der Waals surface area contributed by atoms with E-state index in [4.69, 9.17) is 0 Å². The smallest absolute Gasteiger partial charge is 0.0295 e. The van der Waals surface area contributed by atoms with Crippen molar-refractivity contribution in [3.8, 4) is 0 Å². The predicted octanol–water partition coefficient (Wildman–Crippen LogP) is 6.07. The maximum Gasteiger partial charge on any atom is 0.0295 e. The second-order valence-electron chi connectivity index (χ2n) is 10.2. The second kappa shape index (κ2) is 5.56. The Labute approximate surface area is 183 Å². The summed E-state index contributed by atoms with van der Waals surface area (Å²) >= 11 is 0. The van der Waals surface area contributed by atoms with Crippen molar-refractivity contribution in [2.75, 3.05) is 0 Å². The first-order valence-corrected chi connectivity index (χ1v) is 11.7. The zero-order chi connectivity index (χ0) is 20.2. The summed E-state index contributed by atoms with van der Waals surface area (Å²) in [6, 6.07) is 28.5. The molecule has 4 aromatic carbocycles. The molecule has 0 radical (unpaired) electrons. The van der Waals surface area contributed by atoms with Gasteiger partial charge < -0.3 is 0 Å². The van der Waals surface area contributed by atoms with Gasteiger partial charge in [-0.1, -0.05) is 72.8 Å². The Morgan fingerprint density at radius 2 is 0.677 bits per heavy atom. The van der Waals surface area contributed by atoms with Crippen molar-refractivity contribution in [2.24, 2.45) is 0 Å². The molecule has 0 unspecified atom stereocenters. The first-order valence-electron chi connectivity index (χ1n) is 11.7. The van der Waals surface area contributed by atoms with Gasteiger partial charge in [-0.05, 0) is 105 Å². The molecule has 0 heteroatoms. The van der Waals surface area contributed by atoms with Gasteiger partial charge in [-0.15, -0.1) is 0 Å². The summed E-state index contributed by atoms with van der Waals surface area (Å²) in [6.45, 7) is 0. The summed E-state index contributed by atoms with van der Waals surface area (Å²) in [6.07, 6.45) is 6.62. The Hall–Kier alpha value is -3.12. The van der Waals surface area contributed by atoms with E-state index in [1.54, 1.807) is 66.8 Å². The predicted molar refractivity (Wildman–Crippen MR) is 125 cm³/mol. The van der Waals surface area contributed by atoms with Gasteiger partial charge in [0.2, 0.25) is 0 Å². The summed E-state index contributed by atoms with van der Waals surface area (Å²) in [5.74, 6) is 0. The van der Waals surface area contributed by atoms with Crippen LogP contribution in [0.25, 0.3) is 0 Å². The van der Waals surface area contributed by atoms with Crippen molar-refractivity contribution in [3.63, 3.8) is 0 Å². The molecule has 0 nitrogen and oxygen atoms in total. The average molecular weight is 397 g/mol. The van der Waals surface area contributed by atoms with Crippen molar-refractivity contribution in [1.29, 1.82) is 0 Å². The molecule has 148 valence electrons. The lowest BCUT2D eigenvalue weighted by Crippen LogP contribution is -2.34. The second-order valence-corrected chi connectivity index (χ2v) is 10.2. The minimum absolute atomic E-state index is 0.0631. The zero-order valence-corrected chi connectivity index (χ0v) is 17.7. The molecule has 0 N–H and O–H groups in total. The summed E-state index contributed by atoms with van der Waals surface area (Å²) in [7, 11) is 0. The third-order valence-electron chi connectivity index (χ3n) is 8.65. The van der Waals surface area contributed by atoms with Crippen LogP contribution in [0.3, 0.4) is 0 Å². The van der Waals surface area contributed by atoms with Gasteiger partial charge in [-0.2, -0.15) is 0 Å². The van der Waals surface area contributed by atoms with Crippen molar-refractivity contribution in [1.82, 2.24) is 0 Å². The molecule has 0 aliphatic heterocycles. The first kappa shape index (κ1) is 16.6. The lowest BCUT2D eigenvalue weighted by atomic mass is 9.65. The van der Waals surface area contributed by atoms with Crippen LogP contribution in [-0.4, -0.2) is 0 Å². The van der Waals surface area contributed by atoms with Crippen molar-refractivity contribution < 1.29 is 0 Å². The van der Waals surface area contributed by atoms with E-state index in [-0.39, 0.29) is 5.41 Å². The Balaban J connectivity index is 1.62. The SMILES string of the molecule is c1cc2c3c(c1)Cc1cccc4c1C1(C3)Cc3c(cccc3C4)Cc3cccc(c31)C2. The molecule has 0 atom stereocenters. The molecular formula is C31H24. The van der Waals surface area contributed by atoms with Crippen LogP contribution in [0.1, 0.15) is 66.8 Å². The monoisotopic (exact) mass is 396 g/mol. The van der Waals surface area contributed by atoms with E-state index in [0.717, 1.165) is 38.5 Å². The highest BCUT2D eigenvalue weighted by atomic mass is 14.5. The maximum absolute atomic E-state index is 2.42. The summed E-state index contributed by atoms with van der Waals surface area (Å²) < 4.78 is 0. The van der Waals surface area contributed by atoms with Crippen LogP contribution in [0.5, 0.6) is 0 Å². The minimum Gasteiger partial charge on any atom is -0.0617 e. The molecule has 4 aliphatic rings. The van der Waals surface area contributed by atoms with Crippen LogP contribution in [0.2, 0.25) is 0 Å². The summed E-state index contributed by atoms with van der Waals surface area (Å²) in [4.78, 5) is 0. The van der Waals surface area contributed by atoms with Crippen LogP contribution in [-0.2, 0) is 43.9 Å². The largest absolute Gasteiger partial charge is 0.0617 e. The van der Waals surface area contributed by atoms with E-state index in [0.29, 0.717) is 0 Å². The van der Waals surface area contributed by atoms with Gasteiger partial charge in [0.05, 0.1) is 0 Å². The molecule has 0 heterocycles. The highest BCUT2D eigenvalue weighted by Crippen LogP contribution is 2.54. The van der Waals surface area contributed by atoms with E-state index >= 15 is 0 Å². The topological polar surface area (TPSA) is 0 Å². The number of rotatable bonds is 0. The van der Waals surface area contributed by atoms with E-state index in [9.17, 15) is 0 Å². The van der Waals surface area contributed by atoms with Crippen LogP contribution in [0.4, 0.5) is 0 Å². The average Bonchev–Trinajstić information content (AvgIpc) is 3.15. The van der Waals surface area contributed by atoms with Crippen LogP contribution in [0, 0.1) is 0 Å². The van der Waals surface area contributed by atoms with Gasteiger partial charge in [-0.3, -0.25) is 0 Å². The van der Waals surface area contributed by atoms with Gasteiger partial charge in [0.15, 0.2) is 0 Å². The molecule has 3 bridgehead atoms. The van der Waals surface area contributed by atoms with Gasteiger partial charge >= 0.3 is 0 Å². The first-order chi connectivity index (χ1) is 15.3. The van der Waals surface area contributed by atoms with Crippen molar-refractivity contribution in [3.05, 3.63) is 140 Å². The lowest BCUT2D eigenvalue weighted by molar-refractivity contribution is 0.509. The fraction of sp³-hybridized carbons (Fsp3) is 0.226. The molecular weight excluding hydrogens is 372 g/mol. The number of benzene rings is 4. The number of hydrogen-bond donors (Lipinski definition) is 0. The van der Waals surface area contributed by atoms with E-state index in [2.05, 4.69) is 72.8 Å². The van der Waals surface area contributed by atoms with Crippen molar-refractivity contribution >= 4 is 0 Å². The molecule has 0 amide bonds. The van der Waals surface area contributed by atoms with Crippen LogP contribution in [0.15, 0.2) is 72.8 Å². The Morgan fingerprint density at radius 3 is 1.00 bits per heavy atom. The van der Waals surface area contributed by atoms with Gasteiger partial charge in [0, 0.05) is 5.41 Å².